The largest absolute Gasteiger partial charge is 0.455 e. The van der Waals surface area contributed by atoms with Crippen LogP contribution in [0.25, 0.3) is 33.2 Å². The van der Waals surface area contributed by atoms with Gasteiger partial charge < -0.3 is 4.42 Å². The quantitative estimate of drug-likeness (QED) is 0.483. The first-order valence-electron chi connectivity index (χ1n) is 7.91. The Balaban J connectivity index is 2.10. The third kappa shape index (κ3) is 2.00. The van der Waals surface area contributed by atoms with Gasteiger partial charge in [-0.15, -0.1) is 0 Å². The predicted octanol–water partition coefficient (Wildman–Crippen LogP) is 4.57. The predicted molar refractivity (Wildman–Crippen MR) is 94.5 cm³/mol. The van der Waals surface area contributed by atoms with E-state index in [4.69, 9.17) is 4.42 Å². The van der Waals surface area contributed by atoms with Crippen LogP contribution in [0.15, 0.2) is 53.1 Å². The number of nitrogens with zero attached hydrogens (tertiary/aromatic N) is 2. The Hall–Kier alpha value is -3.12. The summed E-state index contributed by atoms with van der Waals surface area (Å²) >= 11 is 0. The van der Waals surface area contributed by atoms with Crippen LogP contribution in [0.4, 0.5) is 0 Å². The Morgan fingerprint density at radius 1 is 1.04 bits per heavy atom. The number of fused-ring (bicyclic) bond motifs is 3. The van der Waals surface area contributed by atoms with E-state index in [0.717, 1.165) is 33.2 Å². The van der Waals surface area contributed by atoms with Crippen molar-refractivity contribution in [3.63, 3.8) is 0 Å². The Bertz CT molecular complexity index is 1150. The number of hydrogen-bond donors (Lipinski definition) is 0. The molecule has 0 amide bonds. The fourth-order valence-corrected chi connectivity index (χ4v) is 3.37. The van der Waals surface area contributed by atoms with Crippen LogP contribution in [-0.4, -0.2) is 0 Å². The highest BCUT2D eigenvalue weighted by atomic mass is 16.3. The summed E-state index contributed by atoms with van der Waals surface area (Å²) in [7, 11) is 2.04. The number of benzene rings is 2. The lowest BCUT2D eigenvalue weighted by molar-refractivity contribution is -0.660. The first-order valence-corrected chi connectivity index (χ1v) is 7.91. The molecule has 0 unspecified atom stereocenters. The van der Waals surface area contributed by atoms with Gasteiger partial charge in [0.1, 0.15) is 18.7 Å². The third-order valence-electron chi connectivity index (χ3n) is 4.63. The molecule has 0 saturated heterocycles. The molecule has 116 valence electrons. The summed E-state index contributed by atoms with van der Waals surface area (Å²) in [6.45, 7) is 4.17. The topological polar surface area (TPSA) is 40.8 Å². The molecule has 4 rings (SSSR count). The summed E-state index contributed by atoms with van der Waals surface area (Å²) in [6.07, 6.45) is 2.04. The van der Waals surface area contributed by atoms with Gasteiger partial charge in [0.25, 0.3) is 0 Å². The van der Waals surface area contributed by atoms with Crippen molar-refractivity contribution in [1.29, 1.82) is 5.26 Å². The number of aromatic nitrogens is 1. The average molecular weight is 313 g/mol. The fourth-order valence-electron chi connectivity index (χ4n) is 3.37. The first-order chi connectivity index (χ1) is 11.6. The van der Waals surface area contributed by atoms with E-state index in [0.29, 0.717) is 11.1 Å². The Kier molecular flexibility index (Phi) is 3.14. The first kappa shape index (κ1) is 14.5. The van der Waals surface area contributed by atoms with E-state index in [1.165, 1.54) is 5.56 Å². The standard InChI is InChI=1S/C21H17N2O/c1-13-7-8-15(12-22)21-20(13)17-10-14(2)16(11-19(17)24-21)18-6-4-5-9-23(18)3/h4-11H,1-3H3/q+1. The molecule has 0 atom stereocenters. The molecule has 0 bridgehead atoms. The van der Waals surface area contributed by atoms with Crippen LogP contribution in [0.2, 0.25) is 0 Å². The molecule has 2 aromatic carbocycles. The molecule has 2 aromatic heterocycles. The van der Waals surface area contributed by atoms with Gasteiger partial charge in [-0.05, 0) is 49.2 Å². The molecule has 0 spiro atoms. The van der Waals surface area contributed by atoms with Crippen LogP contribution < -0.4 is 4.57 Å². The van der Waals surface area contributed by atoms with Gasteiger partial charge in [-0.1, -0.05) is 6.07 Å². The minimum Gasteiger partial charge on any atom is -0.455 e. The highest BCUT2D eigenvalue weighted by molar-refractivity contribution is 6.09. The van der Waals surface area contributed by atoms with Crippen LogP contribution in [0.5, 0.6) is 0 Å². The van der Waals surface area contributed by atoms with Crippen molar-refractivity contribution in [2.75, 3.05) is 0 Å². The maximum absolute atomic E-state index is 9.36. The maximum Gasteiger partial charge on any atom is 0.212 e. The van der Waals surface area contributed by atoms with Crippen LogP contribution in [-0.2, 0) is 7.05 Å². The van der Waals surface area contributed by atoms with Gasteiger partial charge in [0.2, 0.25) is 5.69 Å². The molecule has 0 aliphatic heterocycles. The van der Waals surface area contributed by atoms with E-state index in [1.807, 2.05) is 37.5 Å². The number of hydrogen-bond acceptors (Lipinski definition) is 2. The van der Waals surface area contributed by atoms with Gasteiger partial charge in [0.15, 0.2) is 11.8 Å². The Morgan fingerprint density at radius 2 is 1.88 bits per heavy atom. The molecule has 0 radical (unpaired) electrons. The zero-order chi connectivity index (χ0) is 16.8. The molecule has 0 aliphatic carbocycles. The van der Waals surface area contributed by atoms with Crippen LogP contribution >= 0.6 is 0 Å². The number of pyridine rings is 1. The third-order valence-corrected chi connectivity index (χ3v) is 4.63. The summed E-state index contributed by atoms with van der Waals surface area (Å²) < 4.78 is 8.18. The highest BCUT2D eigenvalue weighted by Crippen LogP contribution is 2.36. The van der Waals surface area contributed by atoms with Gasteiger partial charge in [0.05, 0.1) is 11.1 Å². The zero-order valence-corrected chi connectivity index (χ0v) is 13.9. The second-order valence-corrected chi connectivity index (χ2v) is 6.21. The molecule has 3 heteroatoms. The number of furan rings is 1. The van der Waals surface area contributed by atoms with Crippen molar-refractivity contribution >= 4 is 21.9 Å². The minimum atomic E-state index is 0.580. The van der Waals surface area contributed by atoms with Gasteiger partial charge in [0, 0.05) is 22.9 Å². The zero-order valence-electron chi connectivity index (χ0n) is 13.9. The molecule has 2 heterocycles. The van der Waals surface area contributed by atoms with Crippen LogP contribution in [0.3, 0.4) is 0 Å². The van der Waals surface area contributed by atoms with Crippen molar-refractivity contribution in [3.05, 3.63) is 65.4 Å². The second-order valence-electron chi connectivity index (χ2n) is 6.21. The molecule has 4 aromatic rings. The van der Waals surface area contributed by atoms with Crippen molar-refractivity contribution in [2.45, 2.75) is 13.8 Å². The number of aryl methyl sites for hydroxylation is 3. The van der Waals surface area contributed by atoms with Crippen molar-refractivity contribution in [2.24, 2.45) is 7.05 Å². The van der Waals surface area contributed by atoms with Crippen molar-refractivity contribution < 1.29 is 8.98 Å². The molecule has 3 nitrogen and oxygen atoms in total. The van der Waals surface area contributed by atoms with Gasteiger partial charge >= 0.3 is 0 Å². The van der Waals surface area contributed by atoms with Crippen LogP contribution in [0.1, 0.15) is 16.7 Å². The summed E-state index contributed by atoms with van der Waals surface area (Å²) in [5, 5.41) is 11.5. The fraction of sp³-hybridized carbons (Fsp3) is 0.143. The normalized spacial score (nSPS) is 11.1. The second kappa shape index (κ2) is 5.21. The number of rotatable bonds is 1. The van der Waals surface area contributed by atoms with E-state index in [-0.39, 0.29) is 0 Å². The van der Waals surface area contributed by atoms with E-state index in [1.54, 1.807) is 0 Å². The summed E-state index contributed by atoms with van der Waals surface area (Å²) in [6, 6.07) is 16.4. The lowest BCUT2D eigenvalue weighted by atomic mass is 9.99. The summed E-state index contributed by atoms with van der Waals surface area (Å²) in [5.74, 6) is 0. The smallest absolute Gasteiger partial charge is 0.212 e. The van der Waals surface area contributed by atoms with Gasteiger partial charge in [-0.25, -0.2) is 4.57 Å². The molecule has 0 fully saturated rings. The van der Waals surface area contributed by atoms with E-state index in [2.05, 4.69) is 42.7 Å². The molecule has 0 saturated carbocycles. The molecule has 0 aliphatic rings. The van der Waals surface area contributed by atoms with Crippen molar-refractivity contribution in [1.82, 2.24) is 0 Å². The molecular weight excluding hydrogens is 296 g/mol. The molecular formula is C21H17N2O+. The summed E-state index contributed by atoms with van der Waals surface area (Å²) in [4.78, 5) is 0. The monoisotopic (exact) mass is 313 g/mol. The number of nitriles is 1. The van der Waals surface area contributed by atoms with E-state index in [9.17, 15) is 5.26 Å². The average Bonchev–Trinajstić information content (AvgIpc) is 2.94. The molecule has 24 heavy (non-hydrogen) atoms. The summed E-state index contributed by atoms with van der Waals surface area (Å²) in [5.41, 5.74) is 6.67. The minimum absolute atomic E-state index is 0.580. The lowest BCUT2D eigenvalue weighted by Crippen LogP contribution is -2.30. The Labute approximate surface area is 140 Å². The van der Waals surface area contributed by atoms with Crippen molar-refractivity contribution in [3.8, 4) is 17.3 Å². The van der Waals surface area contributed by atoms with E-state index >= 15 is 0 Å². The van der Waals surface area contributed by atoms with Gasteiger partial charge in [-0.3, -0.25) is 0 Å². The highest BCUT2D eigenvalue weighted by Gasteiger charge is 2.18. The Morgan fingerprint density at radius 3 is 2.62 bits per heavy atom. The van der Waals surface area contributed by atoms with Crippen LogP contribution in [0, 0.1) is 25.2 Å². The van der Waals surface area contributed by atoms with E-state index < -0.39 is 0 Å². The van der Waals surface area contributed by atoms with Gasteiger partial charge in [-0.2, -0.15) is 5.26 Å². The SMILES string of the molecule is Cc1cc2c(cc1-c1cccc[n+]1C)oc1c(C#N)ccc(C)c12. The lowest BCUT2D eigenvalue weighted by Gasteiger charge is -2.04. The molecule has 0 N–H and O–H groups in total. The maximum atomic E-state index is 9.36.